The molecule has 0 saturated heterocycles. The number of halogens is 1. The van der Waals surface area contributed by atoms with Crippen LogP contribution in [0, 0.1) is 5.82 Å². The summed E-state index contributed by atoms with van der Waals surface area (Å²) in [6.45, 7) is 0. The molecule has 23 heavy (non-hydrogen) atoms. The van der Waals surface area contributed by atoms with Gasteiger partial charge in [-0.15, -0.1) is 0 Å². The fraction of sp³-hybridized carbons (Fsp3) is 0.133. The van der Waals surface area contributed by atoms with E-state index in [1.54, 1.807) is 12.1 Å². The van der Waals surface area contributed by atoms with Crippen LogP contribution in [0.5, 0.6) is 5.75 Å². The van der Waals surface area contributed by atoms with Crippen LogP contribution in [0.1, 0.15) is 10.4 Å². The first-order valence-corrected chi connectivity index (χ1v) is 7.90. The van der Waals surface area contributed by atoms with Crippen molar-refractivity contribution in [1.82, 2.24) is 0 Å². The molecule has 0 saturated carbocycles. The van der Waals surface area contributed by atoms with Crippen LogP contribution < -0.4 is 9.46 Å². The van der Waals surface area contributed by atoms with Crippen LogP contribution in [-0.4, -0.2) is 28.6 Å². The summed E-state index contributed by atoms with van der Waals surface area (Å²) in [4.78, 5) is 10.8. The zero-order valence-electron chi connectivity index (χ0n) is 12.4. The molecule has 0 aliphatic heterocycles. The zero-order chi connectivity index (χ0) is 17.0. The summed E-state index contributed by atoms with van der Waals surface area (Å²) in [6, 6.07) is 9.11. The Morgan fingerprint density at radius 3 is 2.52 bits per heavy atom. The third kappa shape index (κ3) is 3.78. The van der Waals surface area contributed by atoms with Crippen molar-refractivity contribution in [2.75, 3.05) is 18.9 Å². The minimum Gasteiger partial charge on any atom is -0.497 e. The van der Waals surface area contributed by atoms with Crippen LogP contribution in [0.3, 0.4) is 0 Å². The molecule has 2 aromatic rings. The number of rotatable bonds is 5. The van der Waals surface area contributed by atoms with Gasteiger partial charge in [-0.3, -0.25) is 4.72 Å². The maximum atomic E-state index is 13.9. The van der Waals surface area contributed by atoms with Gasteiger partial charge in [0.15, 0.2) is 0 Å². The molecule has 0 heterocycles. The molecular weight excluding hydrogens is 325 g/mol. The molecule has 6 nitrogen and oxygen atoms in total. The van der Waals surface area contributed by atoms with Gasteiger partial charge in [-0.25, -0.2) is 17.6 Å². The van der Waals surface area contributed by atoms with E-state index >= 15 is 0 Å². The number of carbonyl (C=O) groups excluding carboxylic acids is 1. The van der Waals surface area contributed by atoms with Crippen LogP contribution in [0.15, 0.2) is 47.4 Å². The molecule has 0 radical (unpaired) electrons. The maximum absolute atomic E-state index is 13.9. The number of carbonyl (C=O) groups is 1. The van der Waals surface area contributed by atoms with E-state index in [4.69, 9.17) is 4.74 Å². The zero-order valence-corrected chi connectivity index (χ0v) is 13.2. The van der Waals surface area contributed by atoms with Crippen LogP contribution in [0.4, 0.5) is 10.1 Å². The number of hydrogen-bond acceptors (Lipinski definition) is 5. The fourth-order valence-electron chi connectivity index (χ4n) is 1.85. The first-order valence-electron chi connectivity index (χ1n) is 6.42. The maximum Gasteiger partial charge on any atom is 0.337 e. The first-order chi connectivity index (χ1) is 10.9. The van der Waals surface area contributed by atoms with E-state index in [1.165, 1.54) is 19.2 Å². The quantitative estimate of drug-likeness (QED) is 0.846. The highest BCUT2D eigenvalue weighted by Gasteiger charge is 2.21. The van der Waals surface area contributed by atoms with Gasteiger partial charge in [0.25, 0.3) is 10.0 Å². The Morgan fingerprint density at radius 1 is 1.13 bits per heavy atom. The monoisotopic (exact) mass is 339 g/mol. The summed E-state index contributed by atoms with van der Waals surface area (Å²) in [5, 5.41) is 0. The predicted molar refractivity (Wildman–Crippen MR) is 81.5 cm³/mol. The molecule has 0 atom stereocenters. The topological polar surface area (TPSA) is 81.7 Å². The number of anilines is 1. The first kappa shape index (κ1) is 16.8. The highest BCUT2D eigenvalue weighted by atomic mass is 32.2. The molecule has 8 heteroatoms. The summed E-state index contributed by atoms with van der Waals surface area (Å²) in [5.41, 5.74) is 0.132. The van der Waals surface area contributed by atoms with Gasteiger partial charge in [-0.2, -0.15) is 0 Å². The average Bonchev–Trinajstić information content (AvgIpc) is 2.54. The van der Waals surface area contributed by atoms with Gasteiger partial charge in [0.1, 0.15) is 16.5 Å². The van der Waals surface area contributed by atoms with E-state index in [0.29, 0.717) is 5.75 Å². The SMILES string of the molecule is COC(=O)c1ccc(F)c(S(=O)(=O)Nc2cccc(OC)c2)c1. The van der Waals surface area contributed by atoms with Gasteiger partial charge in [-0.05, 0) is 30.3 Å². The van der Waals surface area contributed by atoms with E-state index < -0.39 is 26.7 Å². The standard InChI is InChI=1S/C15H14FNO5S/c1-21-12-5-3-4-11(9-12)17-23(19,20)14-8-10(15(18)22-2)6-7-13(14)16/h3-9,17H,1-2H3. The normalized spacial score (nSPS) is 10.9. The molecule has 122 valence electrons. The Morgan fingerprint density at radius 2 is 1.87 bits per heavy atom. The van der Waals surface area contributed by atoms with Crippen LogP contribution in [0.25, 0.3) is 0 Å². The molecule has 0 aliphatic carbocycles. The van der Waals surface area contributed by atoms with E-state index in [1.807, 2.05) is 0 Å². The molecule has 2 aromatic carbocycles. The van der Waals surface area contributed by atoms with Gasteiger partial charge in [0.05, 0.1) is 25.5 Å². The second-order valence-electron chi connectivity index (χ2n) is 4.47. The van der Waals surface area contributed by atoms with Gasteiger partial charge in [0, 0.05) is 6.07 Å². The number of hydrogen-bond donors (Lipinski definition) is 1. The summed E-state index contributed by atoms with van der Waals surface area (Å²) in [5.74, 6) is -1.30. The summed E-state index contributed by atoms with van der Waals surface area (Å²) < 4.78 is 50.3. The van der Waals surface area contributed by atoms with Gasteiger partial charge in [-0.1, -0.05) is 6.07 Å². The van der Waals surface area contributed by atoms with Crippen molar-refractivity contribution in [3.05, 3.63) is 53.8 Å². The van der Waals surface area contributed by atoms with E-state index in [0.717, 1.165) is 25.3 Å². The Kier molecular flexibility index (Phi) is 4.85. The van der Waals surface area contributed by atoms with Crippen LogP contribution in [0.2, 0.25) is 0 Å². The minimum absolute atomic E-state index is 0.0695. The van der Waals surface area contributed by atoms with Crippen molar-refractivity contribution in [1.29, 1.82) is 0 Å². The molecule has 1 N–H and O–H groups in total. The highest BCUT2D eigenvalue weighted by molar-refractivity contribution is 7.92. The molecule has 2 rings (SSSR count). The number of methoxy groups -OCH3 is 2. The van der Waals surface area contributed by atoms with Crippen LogP contribution >= 0.6 is 0 Å². The molecule has 0 amide bonds. The Bertz CT molecular complexity index is 836. The lowest BCUT2D eigenvalue weighted by Gasteiger charge is -2.11. The second-order valence-corrected chi connectivity index (χ2v) is 6.13. The highest BCUT2D eigenvalue weighted by Crippen LogP contribution is 2.23. The van der Waals surface area contributed by atoms with Crippen molar-refractivity contribution in [2.45, 2.75) is 4.90 Å². The lowest BCUT2D eigenvalue weighted by atomic mass is 10.2. The Balaban J connectivity index is 2.40. The number of nitrogens with one attached hydrogen (secondary N) is 1. The largest absolute Gasteiger partial charge is 0.497 e. The van der Waals surface area contributed by atoms with Crippen molar-refractivity contribution < 1.29 is 27.1 Å². The summed E-state index contributed by atoms with van der Waals surface area (Å²) in [7, 11) is -1.64. The molecule has 0 bridgehead atoms. The molecule has 0 spiro atoms. The number of ether oxygens (including phenoxy) is 2. The fourth-order valence-corrected chi connectivity index (χ4v) is 3.00. The Hall–Kier alpha value is -2.61. The lowest BCUT2D eigenvalue weighted by molar-refractivity contribution is 0.0600. The van der Waals surface area contributed by atoms with E-state index in [-0.39, 0.29) is 11.3 Å². The summed E-state index contributed by atoms with van der Waals surface area (Å²) >= 11 is 0. The summed E-state index contributed by atoms with van der Waals surface area (Å²) in [6.07, 6.45) is 0. The van der Waals surface area contributed by atoms with Crippen molar-refractivity contribution in [2.24, 2.45) is 0 Å². The molecule has 0 aliphatic rings. The number of benzene rings is 2. The Labute approximate surface area is 132 Å². The average molecular weight is 339 g/mol. The number of esters is 1. The molecule has 0 fully saturated rings. The van der Waals surface area contributed by atoms with E-state index in [9.17, 15) is 17.6 Å². The molecule has 0 aromatic heterocycles. The molecular formula is C15H14FNO5S. The third-order valence-corrected chi connectivity index (χ3v) is 4.36. The minimum atomic E-state index is -4.22. The number of sulfonamides is 1. The smallest absolute Gasteiger partial charge is 0.337 e. The van der Waals surface area contributed by atoms with Gasteiger partial charge in [0.2, 0.25) is 0 Å². The predicted octanol–water partition coefficient (Wildman–Crippen LogP) is 2.42. The third-order valence-electron chi connectivity index (χ3n) is 2.96. The van der Waals surface area contributed by atoms with Crippen molar-refractivity contribution >= 4 is 21.7 Å². The van der Waals surface area contributed by atoms with Gasteiger partial charge >= 0.3 is 5.97 Å². The van der Waals surface area contributed by atoms with Crippen molar-refractivity contribution in [3.8, 4) is 5.75 Å². The van der Waals surface area contributed by atoms with E-state index in [2.05, 4.69) is 9.46 Å². The van der Waals surface area contributed by atoms with Crippen LogP contribution in [-0.2, 0) is 14.8 Å². The van der Waals surface area contributed by atoms with Crippen molar-refractivity contribution in [3.63, 3.8) is 0 Å². The molecule has 0 unspecified atom stereocenters. The lowest BCUT2D eigenvalue weighted by Crippen LogP contribution is -2.16. The van der Waals surface area contributed by atoms with Gasteiger partial charge < -0.3 is 9.47 Å². The second kappa shape index (κ2) is 6.66.